The van der Waals surface area contributed by atoms with Crippen molar-refractivity contribution in [2.24, 2.45) is 11.8 Å². The predicted molar refractivity (Wildman–Crippen MR) is 56.1 cm³/mol. The molecule has 0 spiro atoms. The van der Waals surface area contributed by atoms with E-state index in [1.54, 1.807) is 0 Å². The van der Waals surface area contributed by atoms with Crippen LogP contribution in [0, 0.1) is 11.8 Å². The lowest BCUT2D eigenvalue weighted by molar-refractivity contribution is -0.141. The maximum absolute atomic E-state index is 9.81. The number of hydrogen-bond donors (Lipinski definition) is 1. The summed E-state index contributed by atoms with van der Waals surface area (Å²) in [6, 6.07) is 0. The Morgan fingerprint density at radius 1 is 1.29 bits per heavy atom. The van der Waals surface area contributed by atoms with Crippen molar-refractivity contribution in [1.82, 2.24) is 0 Å². The van der Waals surface area contributed by atoms with E-state index in [4.69, 9.17) is 4.74 Å². The first-order valence-electron chi connectivity index (χ1n) is 5.95. The molecule has 0 saturated heterocycles. The van der Waals surface area contributed by atoms with Crippen molar-refractivity contribution < 1.29 is 9.84 Å². The van der Waals surface area contributed by atoms with Gasteiger partial charge in [-0.3, -0.25) is 0 Å². The topological polar surface area (TPSA) is 29.5 Å². The summed E-state index contributed by atoms with van der Waals surface area (Å²) in [5.74, 6) is 1.47. The highest BCUT2D eigenvalue weighted by molar-refractivity contribution is 4.97. The molecule has 2 aliphatic rings. The molecule has 0 aromatic carbocycles. The van der Waals surface area contributed by atoms with Gasteiger partial charge in [0.2, 0.25) is 0 Å². The molecule has 0 aromatic rings. The maximum Gasteiger partial charge on any atom is 0.0712 e. The molecule has 2 aliphatic carbocycles. The van der Waals surface area contributed by atoms with Crippen molar-refractivity contribution in [2.45, 2.75) is 57.7 Å². The van der Waals surface area contributed by atoms with E-state index in [0.29, 0.717) is 5.92 Å². The van der Waals surface area contributed by atoms with Gasteiger partial charge in [0.1, 0.15) is 0 Å². The summed E-state index contributed by atoms with van der Waals surface area (Å²) in [6.07, 6.45) is 5.36. The highest BCUT2D eigenvalue weighted by Gasteiger charge is 2.45. The lowest BCUT2D eigenvalue weighted by atomic mass is 9.65. The Morgan fingerprint density at radius 3 is 2.79 bits per heavy atom. The zero-order valence-corrected chi connectivity index (χ0v) is 9.33. The third-order valence-corrected chi connectivity index (χ3v) is 3.78. The Balaban J connectivity index is 2.10. The Hall–Kier alpha value is -0.0800. The minimum atomic E-state index is -0.118. The molecule has 2 rings (SSSR count). The van der Waals surface area contributed by atoms with Gasteiger partial charge in [0.15, 0.2) is 0 Å². The highest BCUT2D eigenvalue weighted by atomic mass is 16.5. The van der Waals surface area contributed by atoms with E-state index in [1.807, 2.05) is 0 Å². The largest absolute Gasteiger partial charge is 0.393 e. The molecular formula is C12H22O2. The number of aliphatic hydroxyl groups excluding tert-OH is 1. The van der Waals surface area contributed by atoms with Crippen LogP contribution < -0.4 is 0 Å². The molecule has 2 bridgehead atoms. The van der Waals surface area contributed by atoms with E-state index in [1.165, 1.54) is 12.8 Å². The average Bonchev–Trinajstić information content (AvgIpc) is 1.99. The van der Waals surface area contributed by atoms with Crippen molar-refractivity contribution in [3.8, 4) is 0 Å². The minimum absolute atomic E-state index is 0.0226. The summed E-state index contributed by atoms with van der Waals surface area (Å²) in [7, 11) is 0. The zero-order valence-electron chi connectivity index (χ0n) is 9.33. The second kappa shape index (κ2) is 3.82. The van der Waals surface area contributed by atoms with Crippen molar-refractivity contribution in [3.05, 3.63) is 0 Å². The third kappa shape index (κ3) is 1.96. The molecule has 4 atom stereocenters. The van der Waals surface area contributed by atoms with Crippen LogP contribution in [0.25, 0.3) is 0 Å². The van der Waals surface area contributed by atoms with Gasteiger partial charge in [-0.05, 0) is 44.4 Å². The van der Waals surface area contributed by atoms with Crippen LogP contribution in [0.1, 0.15) is 46.0 Å². The number of ether oxygens (including phenoxy) is 1. The van der Waals surface area contributed by atoms with Crippen LogP contribution in [0.4, 0.5) is 0 Å². The summed E-state index contributed by atoms with van der Waals surface area (Å²) >= 11 is 0. The Labute approximate surface area is 86.6 Å². The summed E-state index contributed by atoms with van der Waals surface area (Å²) in [6.45, 7) is 5.16. The molecule has 4 unspecified atom stereocenters. The number of rotatable bonds is 2. The second-order valence-electron chi connectivity index (χ2n) is 5.32. The van der Waals surface area contributed by atoms with Gasteiger partial charge in [-0.2, -0.15) is 0 Å². The minimum Gasteiger partial charge on any atom is -0.393 e. The average molecular weight is 198 g/mol. The van der Waals surface area contributed by atoms with Crippen molar-refractivity contribution >= 4 is 0 Å². The lowest BCUT2D eigenvalue weighted by Crippen LogP contribution is -2.48. The van der Waals surface area contributed by atoms with E-state index in [2.05, 4.69) is 13.8 Å². The molecular weight excluding hydrogens is 176 g/mol. The van der Waals surface area contributed by atoms with Crippen molar-refractivity contribution in [2.75, 3.05) is 6.61 Å². The van der Waals surface area contributed by atoms with E-state index in [0.717, 1.165) is 31.8 Å². The lowest BCUT2D eigenvalue weighted by Gasteiger charge is -2.48. The molecule has 0 radical (unpaired) electrons. The van der Waals surface area contributed by atoms with Crippen LogP contribution >= 0.6 is 0 Å². The van der Waals surface area contributed by atoms with E-state index >= 15 is 0 Å². The van der Waals surface area contributed by atoms with E-state index in [9.17, 15) is 5.11 Å². The highest BCUT2D eigenvalue weighted by Crippen LogP contribution is 2.47. The number of fused-ring (bicyclic) bond motifs is 2. The van der Waals surface area contributed by atoms with Gasteiger partial charge < -0.3 is 9.84 Å². The molecule has 0 amide bonds. The Kier molecular flexibility index (Phi) is 2.85. The van der Waals surface area contributed by atoms with Crippen LogP contribution in [-0.2, 0) is 4.74 Å². The van der Waals surface area contributed by atoms with E-state index < -0.39 is 0 Å². The van der Waals surface area contributed by atoms with Gasteiger partial charge in [0.25, 0.3) is 0 Å². The van der Waals surface area contributed by atoms with Crippen molar-refractivity contribution in [3.63, 3.8) is 0 Å². The fourth-order valence-corrected chi connectivity index (χ4v) is 3.71. The summed E-state index contributed by atoms with van der Waals surface area (Å²) in [5.41, 5.74) is 0.0226. The normalized spacial score (nSPS) is 47.8. The predicted octanol–water partition coefficient (Wildman–Crippen LogP) is 2.35. The van der Waals surface area contributed by atoms with Crippen LogP contribution in [0.5, 0.6) is 0 Å². The summed E-state index contributed by atoms with van der Waals surface area (Å²) in [4.78, 5) is 0. The number of hydrogen-bond acceptors (Lipinski definition) is 2. The van der Waals surface area contributed by atoms with E-state index in [-0.39, 0.29) is 11.7 Å². The molecule has 2 heteroatoms. The first-order chi connectivity index (χ1) is 6.63. The molecule has 14 heavy (non-hydrogen) atoms. The zero-order chi connectivity index (χ0) is 10.2. The van der Waals surface area contributed by atoms with Crippen LogP contribution in [-0.4, -0.2) is 23.4 Å². The monoisotopic (exact) mass is 198 g/mol. The maximum atomic E-state index is 9.81. The van der Waals surface area contributed by atoms with Crippen LogP contribution in [0.3, 0.4) is 0 Å². The molecule has 0 aliphatic heterocycles. The standard InChI is InChI=1S/C12H22O2/c1-3-14-12-6-9(2)4-10(7-12)5-11(13)8-12/h9-11,13H,3-8H2,1-2H3. The fourth-order valence-electron chi connectivity index (χ4n) is 3.71. The van der Waals surface area contributed by atoms with Crippen LogP contribution in [0.2, 0.25) is 0 Å². The third-order valence-electron chi connectivity index (χ3n) is 3.78. The Bertz CT molecular complexity index is 183. The van der Waals surface area contributed by atoms with Crippen molar-refractivity contribution in [1.29, 1.82) is 0 Å². The summed E-state index contributed by atoms with van der Waals surface area (Å²) < 4.78 is 5.92. The first-order valence-corrected chi connectivity index (χ1v) is 5.95. The first kappa shape index (κ1) is 10.4. The molecule has 2 fully saturated rings. The fraction of sp³-hybridized carbons (Fsp3) is 1.00. The van der Waals surface area contributed by atoms with Crippen LogP contribution in [0.15, 0.2) is 0 Å². The van der Waals surface area contributed by atoms with Gasteiger partial charge in [0, 0.05) is 13.0 Å². The molecule has 0 heterocycles. The van der Waals surface area contributed by atoms with Gasteiger partial charge in [-0.15, -0.1) is 0 Å². The molecule has 82 valence electrons. The molecule has 2 nitrogen and oxygen atoms in total. The van der Waals surface area contributed by atoms with Gasteiger partial charge in [0.05, 0.1) is 11.7 Å². The second-order valence-corrected chi connectivity index (χ2v) is 5.32. The SMILES string of the molecule is CCOC12CC(C)CC(CC(O)C1)C2. The van der Waals surface area contributed by atoms with Gasteiger partial charge >= 0.3 is 0 Å². The molecule has 0 aromatic heterocycles. The smallest absolute Gasteiger partial charge is 0.0712 e. The number of aliphatic hydroxyl groups is 1. The Morgan fingerprint density at radius 2 is 2.07 bits per heavy atom. The quantitative estimate of drug-likeness (QED) is 0.738. The summed E-state index contributed by atoms with van der Waals surface area (Å²) in [5, 5.41) is 9.81. The molecule has 1 N–H and O–H groups in total. The van der Waals surface area contributed by atoms with Gasteiger partial charge in [-0.25, -0.2) is 0 Å². The molecule has 2 saturated carbocycles. The van der Waals surface area contributed by atoms with Gasteiger partial charge in [-0.1, -0.05) is 6.92 Å².